The molecule has 0 fully saturated rings. The van der Waals surface area contributed by atoms with Gasteiger partial charge in [0.25, 0.3) is 0 Å². The van der Waals surface area contributed by atoms with Crippen molar-refractivity contribution in [3.8, 4) is 0 Å². The summed E-state index contributed by atoms with van der Waals surface area (Å²) in [7, 11) is 2.10. The second-order valence-electron chi connectivity index (χ2n) is 6.67. The van der Waals surface area contributed by atoms with E-state index in [0.29, 0.717) is 10.8 Å². The Kier molecular flexibility index (Phi) is 4.21. The lowest BCUT2D eigenvalue weighted by Gasteiger charge is -2.48. The van der Waals surface area contributed by atoms with Crippen molar-refractivity contribution in [3.63, 3.8) is 0 Å². The molecular formula is C13H29N. The minimum absolute atomic E-state index is 0.255. The smallest absolute Gasteiger partial charge is 0.0229 e. The van der Waals surface area contributed by atoms with Crippen LogP contribution in [0.4, 0.5) is 0 Å². The molecule has 1 unspecified atom stereocenters. The fourth-order valence-corrected chi connectivity index (χ4v) is 2.47. The van der Waals surface area contributed by atoms with Gasteiger partial charge < -0.3 is 5.32 Å². The first-order chi connectivity index (χ1) is 6.08. The number of rotatable bonds is 3. The molecule has 0 saturated carbocycles. The minimum atomic E-state index is 0.255. The van der Waals surface area contributed by atoms with Gasteiger partial charge in [0.2, 0.25) is 0 Å². The normalized spacial score (nSPS) is 18.0. The van der Waals surface area contributed by atoms with Gasteiger partial charge in [-0.1, -0.05) is 48.5 Å². The van der Waals surface area contributed by atoms with E-state index in [0.717, 1.165) is 0 Å². The maximum absolute atomic E-state index is 3.56. The maximum atomic E-state index is 3.56. The molecule has 0 aliphatic heterocycles. The Balaban J connectivity index is 4.91. The summed E-state index contributed by atoms with van der Waals surface area (Å²) in [6, 6.07) is 0. The molecule has 0 bridgehead atoms. The average molecular weight is 199 g/mol. The molecular weight excluding hydrogens is 170 g/mol. The van der Waals surface area contributed by atoms with Crippen molar-refractivity contribution < 1.29 is 0 Å². The molecule has 0 amide bonds. The summed E-state index contributed by atoms with van der Waals surface area (Å²) < 4.78 is 0. The molecule has 0 rings (SSSR count). The lowest BCUT2D eigenvalue weighted by molar-refractivity contribution is 0.0865. The van der Waals surface area contributed by atoms with Crippen LogP contribution in [0.2, 0.25) is 0 Å². The molecule has 0 saturated heterocycles. The first kappa shape index (κ1) is 14.0. The zero-order valence-electron chi connectivity index (χ0n) is 11.4. The van der Waals surface area contributed by atoms with Crippen molar-refractivity contribution in [2.75, 3.05) is 7.05 Å². The molecule has 1 heteroatoms. The molecule has 86 valence electrons. The van der Waals surface area contributed by atoms with Crippen LogP contribution in [0.15, 0.2) is 0 Å². The van der Waals surface area contributed by atoms with Gasteiger partial charge in [0, 0.05) is 5.54 Å². The highest BCUT2D eigenvalue weighted by atomic mass is 15.0. The fourth-order valence-electron chi connectivity index (χ4n) is 2.47. The Bertz CT molecular complexity index is 165. The van der Waals surface area contributed by atoms with Crippen molar-refractivity contribution in [3.05, 3.63) is 0 Å². The van der Waals surface area contributed by atoms with E-state index in [1.807, 2.05) is 0 Å². The summed E-state index contributed by atoms with van der Waals surface area (Å²) in [6.45, 7) is 16.2. The van der Waals surface area contributed by atoms with Crippen LogP contribution in [0, 0.1) is 10.8 Å². The van der Waals surface area contributed by atoms with E-state index >= 15 is 0 Å². The lowest BCUT2D eigenvalue weighted by atomic mass is 9.65. The fraction of sp³-hybridized carbons (Fsp3) is 1.00. The van der Waals surface area contributed by atoms with Crippen molar-refractivity contribution in [2.24, 2.45) is 10.8 Å². The van der Waals surface area contributed by atoms with E-state index in [1.165, 1.54) is 12.8 Å². The Hall–Kier alpha value is -0.0400. The van der Waals surface area contributed by atoms with Gasteiger partial charge in [0.05, 0.1) is 0 Å². The highest BCUT2D eigenvalue weighted by Gasteiger charge is 2.41. The van der Waals surface area contributed by atoms with Crippen LogP contribution >= 0.6 is 0 Å². The first-order valence-corrected chi connectivity index (χ1v) is 5.77. The molecule has 0 aromatic rings. The molecule has 1 atom stereocenters. The molecule has 0 aliphatic rings. The first-order valence-electron chi connectivity index (χ1n) is 5.77. The predicted octanol–water partition coefficient (Wildman–Crippen LogP) is 3.84. The van der Waals surface area contributed by atoms with Crippen LogP contribution in [0.3, 0.4) is 0 Å². The van der Waals surface area contributed by atoms with Gasteiger partial charge >= 0.3 is 0 Å². The standard InChI is InChI=1S/C13H29N/c1-9-13(14-8,12(5,6)7)10-11(2,3)4/h14H,9-10H2,1-8H3. The maximum Gasteiger partial charge on any atom is 0.0229 e. The molecule has 1 nitrogen and oxygen atoms in total. The van der Waals surface area contributed by atoms with E-state index in [4.69, 9.17) is 0 Å². The van der Waals surface area contributed by atoms with Gasteiger partial charge in [-0.05, 0) is 30.7 Å². The third kappa shape index (κ3) is 3.27. The van der Waals surface area contributed by atoms with Gasteiger partial charge in [-0.25, -0.2) is 0 Å². The van der Waals surface area contributed by atoms with Crippen LogP contribution in [0.25, 0.3) is 0 Å². The summed E-state index contributed by atoms with van der Waals surface area (Å²) in [6.07, 6.45) is 2.40. The Morgan fingerprint density at radius 2 is 1.36 bits per heavy atom. The van der Waals surface area contributed by atoms with Crippen LogP contribution in [-0.2, 0) is 0 Å². The Labute approximate surface area is 90.7 Å². The molecule has 0 aromatic heterocycles. The van der Waals surface area contributed by atoms with Gasteiger partial charge in [-0.2, -0.15) is 0 Å². The number of nitrogens with one attached hydrogen (secondary N) is 1. The summed E-state index contributed by atoms with van der Waals surface area (Å²) in [4.78, 5) is 0. The van der Waals surface area contributed by atoms with Crippen LogP contribution in [0.5, 0.6) is 0 Å². The van der Waals surface area contributed by atoms with E-state index < -0.39 is 0 Å². The summed E-state index contributed by atoms with van der Waals surface area (Å²) >= 11 is 0. The van der Waals surface area contributed by atoms with Crippen molar-refractivity contribution in [1.82, 2.24) is 5.32 Å². The second kappa shape index (κ2) is 4.22. The molecule has 0 radical (unpaired) electrons. The molecule has 0 heterocycles. The number of hydrogen-bond donors (Lipinski definition) is 1. The highest BCUT2D eigenvalue weighted by molar-refractivity contribution is 4.98. The van der Waals surface area contributed by atoms with E-state index in [1.54, 1.807) is 0 Å². The van der Waals surface area contributed by atoms with E-state index in [-0.39, 0.29) is 5.54 Å². The van der Waals surface area contributed by atoms with Crippen LogP contribution in [0.1, 0.15) is 61.3 Å². The lowest BCUT2D eigenvalue weighted by Crippen LogP contribution is -2.54. The van der Waals surface area contributed by atoms with Crippen LogP contribution < -0.4 is 5.32 Å². The number of hydrogen-bond acceptors (Lipinski definition) is 1. The largest absolute Gasteiger partial charge is 0.314 e. The third-order valence-corrected chi connectivity index (χ3v) is 3.35. The quantitative estimate of drug-likeness (QED) is 0.728. The molecule has 0 aliphatic carbocycles. The molecule has 1 N–H and O–H groups in total. The monoisotopic (exact) mass is 199 g/mol. The summed E-state index contributed by atoms with van der Waals surface area (Å²) in [5.74, 6) is 0. The van der Waals surface area contributed by atoms with Gasteiger partial charge in [-0.15, -0.1) is 0 Å². The van der Waals surface area contributed by atoms with E-state index in [9.17, 15) is 0 Å². The summed E-state index contributed by atoms with van der Waals surface area (Å²) in [5.41, 5.74) is 0.946. The molecule has 0 aromatic carbocycles. The Morgan fingerprint density at radius 1 is 0.929 bits per heavy atom. The second-order valence-corrected chi connectivity index (χ2v) is 6.67. The van der Waals surface area contributed by atoms with Crippen molar-refractivity contribution in [1.29, 1.82) is 0 Å². The van der Waals surface area contributed by atoms with Crippen molar-refractivity contribution in [2.45, 2.75) is 66.8 Å². The average Bonchev–Trinajstić information content (AvgIpc) is 1.96. The zero-order chi connectivity index (χ0) is 11.6. The highest BCUT2D eigenvalue weighted by Crippen LogP contribution is 2.41. The third-order valence-electron chi connectivity index (χ3n) is 3.35. The van der Waals surface area contributed by atoms with Crippen molar-refractivity contribution >= 4 is 0 Å². The van der Waals surface area contributed by atoms with Gasteiger partial charge in [0.1, 0.15) is 0 Å². The van der Waals surface area contributed by atoms with Gasteiger partial charge in [0.15, 0.2) is 0 Å². The SMILES string of the molecule is CCC(CC(C)(C)C)(NC)C(C)(C)C. The summed E-state index contributed by atoms with van der Waals surface area (Å²) in [5, 5.41) is 3.56. The topological polar surface area (TPSA) is 12.0 Å². The Morgan fingerprint density at radius 3 is 1.43 bits per heavy atom. The minimum Gasteiger partial charge on any atom is -0.314 e. The molecule has 14 heavy (non-hydrogen) atoms. The molecule has 0 spiro atoms. The van der Waals surface area contributed by atoms with Crippen LogP contribution in [-0.4, -0.2) is 12.6 Å². The predicted molar refractivity (Wildman–Crippen MR) is 65.6 cm³/mol. The van der Waals surface area contributed by atoms with Gasteiger partial charge in [-0.3, -0.25) is 0 Å². The zero-order valence-corrected chi connectivity index (χ0v) is 11.4. The van der Waals surface area contributed by atoms with E-state index in [2.05, 4.69) is 60.8 Å².